The van der Waals surface area contributed by atoms with Gasteiger partial charge in [-0.1, -0.05) is 24.6 Å². The summed E-state index contributed by atoms with van der Waals surface area (Å²) in [7, 11) is 1.72. The van der Waals surface area contributed by atoms with Crippen molar-refractivity contribution in [3.63, 3.8) is 0 Å². The van der Waals surface area contributed by atoms with Gasteiger partial charge in [0.1, 0.15) is 0 Å². The van der Waals surface area contributed by atoms with E-state index in [2.05, 4.69) is 29.4 Å². The summed E-state index contributed by atoms with van der Waals surface area (Å²) in [5.41, 5.74) is 1.23. The number of hydrogen-bond acceptors (Lipinski definition) is 6. The zero-order valence-electron chi connectivity index (χ0n) is 16.0. The van der Waals surface area contributed by atoms with Crippen molar-refractivity contribution >= 4 is 34.1 Å². The molecule has 1 saturated heterocycles. The standard InChI is InChI=1S/C20H28N2O3S2/c1-14-11-16(27-13-24-2)3-4-17(14)18(12-15-5-8-25-9-6-15)19(23)22-20-21-7-10-26-20/h3-4,7,10,14-15,18H,5-6,8-9,11-13H2,1-2H3,(H,21,22,23). The number of carbonyl (C=O) groups excluding carboxylic acids is 1. The van der Waals surface area contributed by atoms with Crippen LogP contribution in [0.15, 0.2) is 34.2 Å². The van der Waals surface area contributed by atoms with Crippen LogP contribution in [0.4, 0.5) is 5.13 Å². The zero-order valence-corrected chi connectivity index (χ0v) is 17.6. The Morgan fingerprint density at radius 3 is 2.93 bits per heavy atom. The highest BCUT2D eigenvalue weighted by Crippen LogP contribution is 2.38. The Morgan fingerprint density at radius 2 is 2.26 bits per heavy atom. The van der Waals surface area contributed by atoms with Gasteiger partial charge in [-0.05, 0) is 42.4 Å². The van der Waals surface area contributed by atoms with Crippen LogP contribution in [0.1, 0.15) is 32.6 Å². The maximum atomic E-state index is 13.1. The van der Waals surface area contributed by atoms with Gasteiger partial charge < -0.3 is 14.8 Å². The van der Waals surface area contributed by atoms with E-state index in [9.17, 15) is 4.79 Å². The largest absolute Gasteiger partial charge is 0.381 e. The highest BCUT2D eigenvalue weighted by molar-refractivity contribution is 8.02. The number of aromatic nitrogens is 1. The first-order valence-corrected chi connectivity index (χ1v) is 11.3. The molecule has 1 aliphatic heterocycles. The molecule has 1 amide bonds. The average molecular weight is 409 g/mol. The number of nitrogens with zero attached hydrogens (tertiary/aromatic N) is 1. The number of thioether (sulfide) groups is 1. The first-order chi connectivity index (χ1) is 13.2. The van der Waals surface area contributed by atoms with Crippen LogP contribution in [0, 0.1) is 17.8 Å². The minimum absolute atomic E-state index is 0.0657. The van der Waals surface area contributed by atoms with Crippen molar-refractivity contribution in [2.75, 3.05) is 31.6 Å². The third-order valence-corrected chi connectivity index (χ3v) is 6.91. The van der Waals surface area contributed by atoms with Crippen LogP contribution in [0.25, 0.3) is 0 Å². The normalized spacial score (nSPS) is 22.1. The first-order valence-electron chi connectivity index (χ1n) is 9.48. The van der Waals surface area contributed by atoms with Gasteiger partial charge in [-0.2, -0.15) is 0 Å². The topological polar surface area (TPSA) is 60.5 Å². The second-order valence-corrected chi connectivity index (χ2v) is 9.07. The van der Waals surface area contributed by atoms with Crippen LogP contribution >= 0.6 is 23.1 Å². The first kappa shape index (κ1) is 20.6. The molecule has 148 valence electrons. The molecule has 7 heteroatoms. The van der Waals surface area contributed by atoms with Crippen LogP contribution in [-0.4, -0.2) is 37.2 Å². The smallest absolute Gasteiger partial charge is 0.233 e. The lowest BCUT2D eigenvalue weighted by atomic mass is 9.77. The lowest BCUT2D eigenvalue weighted by Crippen LogP contribution is -2.31. The van der Waals surface area contributed by atoms with Crippen molar-refractivity contribution < 1.29 is 14.3 Å². The van der Waals surface area contributed by atoms with E-state index in [0.717, 1.165) is 38.9 Å². The Bertz CT molecular complexity index is 667. The number of amides is 1. The summed E-state index contributed by atoms with van der Waals surface area (Å²) in [5, 5.41) is 5.58. The average Bonchev–Trinajstić information content (AvgIpc) is 3.18. The Balaban J connectivity index is 1.76. The lowest BCUT2D eigenvalue weighted by molar-refractivity contribution is -0.119. The molecule has 2 unspecified atom stereocenters. The fourth-order valence-electron chi connectivity index (χ4n) is 3.73. The maximum absolute atomic E-state index is 13.1. The molecule has 2 atom stereocenters. The number of carbonyl (C=O) groups is 1. The number of hydrogen-bond donors (Lipinski definition) is 1. The summed E-state index contributed by atoms with van der Waals surface area (Å²) in [6.45, 7) is 3.83. The second kappa shape index (κ2) is 10.4. The number of nitrogens with one attached hydrogen (secondary N) is 1. The zero-order chi connectivity index (χ0) is 19.1. The molecule has 1 aliphatic carbocycles. The van der Waals surface area contributed by atoms with Crippen molar-refractivity contribution in [2.45, 2.75) is 32.6 Å². The van der Waals surface area contributed by atoms with Gasteiger partial charge in [0.15, 0.2) is 5.13 Å². The van der Waals surface area contributed by atoms with Crippen molar-refractivity contribution in [3.8, 4) is 0 Å². The Kier molecular flexibility index (Phi) is 7.93. The van der Waals surface area contributed by atoms with Gasteiger partial charge >= 0.3 is 0 Å². The van der Waals surface area contributed by atoms with Gasteiger partial charge in [0, 0.05) is 31.9 Å². The van der Waals surface area contributed by atoms with E-state index in [-0.39, 0.29) is 11.8 Å². The molecule has 1 aromatic heterocycles. The number of anilines is 1. The Hall–Kier alpha value is -1.15. The van der Waals surface area contributed by atoms with Gasteiger partial charge in [0.25, 0.3) is 0 Å². The van der Waals surface area contributed by atoms with Gasteiger partial charge in [-0.15, -0.1) is 23.1 Å². The monoisotopic (exact) mass is 408 g/mol. The molecule has 27 heavy (non-hydrogen) atoms. The summed E-state index contributed by atoms with van der Waals surface area (Å²) >= 11 is 3.19. The highest BCUT2D eigenvalue weighted by atomic mass is 32.2. The molecule has 0 bridgehead atoms. The molecule has 0 saturated carbocycles. The summed E-state index contributed by atoms with van der Waals surface area (Å²) < 4.78 is 10.7. The minimum Gasteiger partial charge on any atom is -0.381 e. The van der Waals surface area contributed by atoms with E-state index in [1.54, 1.807) is 25.1 Å². The van der Waals surface area contributed by atoms with Crippen LogP contribution in [0.2, 0.25) is 0 Å². The quantitative estimate of drug-likeness (QED) is 0.632. The SMILES string of the molecule is COCSC1=CC=C(C(CC2CCOCC2)C(=O)Nc2nccs2)C(C)C1. The van der Waals surface area contributed by atoms with Crippen LogP contribution in [0.5, 0.6) is 0 Å². The van der Waals surface area contributed by atoms with Crippen molar-refractivity contribution in [1.82, 2.24) is 4.98 Å². The molecule has 0 radical (unpaired) electrons. The molecule has 0 spiro atoms. The molecule has 0 aromatic carbocycles. The van der Waals surface area contributed by atoms with E-state index in [4.69, 9.17) is 9.47 Å². The van der Waals surface area contributed by atoms with Crippen molar-refractivity contribution in [3.05, 3.63) is 34.2 Å². The molecule has 2 heterocycles. The van der Waals surface area contributed by atoms with Crippen LogP contribution in [-0.2, 0) is 14.3 Å². The minimum atomic E-state index is -0.114. The molecule has 5 nitrogen and oxygen atoms in total. The third-order valence-electron chi connectivity index (χ3n) is 5.19. The van der Waals surface area contributed by atoms with Gasteiger partial charge in [0.05, 0.1) is 11.9 Å². The predicted molar refractivity (Wildman–Crippen MR) is 112 cm³/mol. The number of rotatable bonds is 8. The Morgan fingerprint density at radius 1 is 1.44 bits per heavy atom. The Labute approximate surface area is 169 Å². The van der Waals surface area contributed by atoms with Gasteiger partial charge in [0.2, 0.25) is 5.91 Å². The summed E-state index contributed by atoms with van der Waals surface area (Å²) in [5.74, 6) is 1.50. The molecular formula is C20H28N2O3S2. The van der Waals surface area contributed by atoms with Crippen LogP contribution < -0.4 is 5.32 Å². The third kappa shape index (κ3) is 5.91. The predicted octanol–water partition coefficient (Wildman–Crippen LogP) is 4.70. The van der Waals surface area contributed by atoms with Crippen LogP contribution in [0.3, 0.4) is 0 Å². The number of allylic oxidation sites excluding steroid dienone is 3. The molecule has 2 aliphatic rings. The van der Waals surface area contributed by atoms with Crippen molar-refractivity contribution in [1.29, 1.82) is 0 Å². The van der Waals surface area contributed by atoms with Gasteiger partial charge in [-0.3, -0.25) is 4.79 Å². The van der Waals surface area contributed by atoms with E-state index < -0.39 is 0 Å². The molecule has 1 N–H and O–H groups in total. The number of thiazole rings is 1. The molecular weight excluding hydrogens is 380 g/mol. The van der Waals surface area contributed by atoms with Crippen molar-refractivity contribution in [2.24, 2.45) is 17.8 Å². The summed E-state index contributed by atoms with van der Waals surface area (Å²) in [4.78, 5) is 18.7. The summed E-state index contributed by atoms with van der Waals surface area (Å²) in [6, 6.07) is 0. The van der Waals surface area contributed by atoms with E-state index in [1.165, 1.54) is 21.8 Å². The highest BCUT2D eigenvalue weighted by Gasteiger charge is 2.31. The lowest BCUT2D eigenvalue weighted by Gasteiger charge is -2.31. The number of ether oxygens (including phenoxy) is 2. The van der Waals surface area contributed by atoms with Gasteiger partial charge in [-0.25, -0.2) is 4.98 Å². The molecule has 3 rings (SSSR count). The maximum Gasteiger partial charge on any atom is 0.233 e. The molecule has 1 aromatic rings. The molecule has 1 fully saturated rings. The second-order valence-electron chi connectivity index (χ2n) is 7.13. The van der Waals surface area contributed by atoms with E-state index in [1.807, 2.05) is 5.38 Å². The fourth-order valence-corrected chi connectivity index (χ4v) is 5.06. The fraction of sp³-hybridized carbons (Fsp3) is 0.600. The van der Waals surface area contributed by atoms with E-state index >= 15 is 0 Å². The van der Waals surface area contributed by atoms with E-state index in [0.29, 0.717) is 22.9 Å². The summed E-state index contributed by atoms with van der Waals surface area (Å²) in [6.07, 6.45) is 9.96. The number of methoxy groups -OCH3 is 1.